The number of anilines is 2. The first-order valence-electron chi connectivity index (χ1n) is 8.88. The monoisotopic (exact) mass is 366 g/mol. The lowest BCUT2D eigenvalue weighted by molar-refractivity contribution is -0.120. The van der Waals surface area contributed by atoms with Crippen LogP contribution in [0, 0.1) is 11.7 Å². The van der Waals surface area contributed by atoms with Crippen LogP contribution in [0.3, 0.4) is 0 Å². The Morgan fingerprint density at radius 3 is 2.63 bits per heavy atom. The summed E-state index contributed by atoms with van der Waals surface area (Å²) in [6, 6.07) is 13.4. The zero-order chi connectivity index (χ0) is 18.6. The molecular weight excluding hydrogens is 347 g/mol. The van der Waals surface area contributed by atoms with Crippen LogP contribution in [0.5, 0.6) is 0 Å². The molecule has 4 rings (SSSR count). The highest BCUT2D eigenvalue weighted by atomic mass is 19.1. The predicted molar refractivity (Wildman–Crippen MR) is 99.7 cm³/mol. The van der Waals surface area contributed by atoms with E-state index in [1.165, 1.54) is 12.1 Å². The van der Waals surface area contributed by atoms with E-state index in [4.69, 9.17) is 4.42 Å². The number of hydrogen-bond donors (Lipinski definition) is 1. The topological polar surface area (TPSA) is 71.3 Å². The van der Waals surface area contributed by atoms with Crippen LogP contribution in [0.4, 0.5) is 15.9 Å². The first-order valence-corrected chi connectivity index (χ1v) is 8.88. The minimum atomic E-state index is -0.362. The number of nitrogens with one attached hydrogen (secondary N) is 1. The summed E-state index contributed by atoms with van der Waals surface area (Å²) < 4.78 is 18.6. The zero-order valence-corrected chi connectivity index (χ0v) is 14.6. The van der Waals surface area contributed by atoms with E-state index >= 15 is 0 Å². The van der Waals surface area contributed by atoms with E-state index in [0.29, 0.717) is 30.0 Å². The van der Waals surface area contributed by atoms with Gasteiger partial charge in [0, 0.05) is 24.7 Å². The van der Waals surface area contributed by atoms with Crippen LogP contribution in [-0.4, -0.2) is 29.2 Å². The van der Waals surface area contributed by atoms with Gasteiger partial charge in [-0.2, -0.15) is 0 Å². The quantitative estimate of drug-likeness (QED) is 0.762. The summed E-state index contributed by atoms with van der Waals surface area (Å²) in [4.78, 5) is 14.5. The van der Waals surface area contributed by atoms with Crippen molar-refractivity contribution >= 4 is 17.4 Å². The van der Waals surface area contributed by atoms with Crippen LogP contribution < -0.4 is 10.2 Å². The molecule has 27 heavy (non-hydrogen) atoms. The predicted octanol–water partition coefficient (Wildman–Crippen LogP) is 3.73. The number of benzene rings is 1. The molecule has 3 aromatic rings. The first-order chi connectivity index (χ1) is 13.2. The van der Waals surface area contributed by atoms with Gasteiger partial charge in [-0.3, -0.25) is 4.79 Å². The average molecular weight is 366 g/mol. The lowest BCUT2D eigenvalue weighted by Crippen LogP contribution is -2.38. The van der Waals surface area contributed by atoms with E-state index in [0.717, 1.165) is 18.9 Å². The van der Waals surface area contributed by atoms with Gasteiger partial charge in [-0.1, -0.05) is 6.07 Å². The Labute approximate surface area is 156 Å². The largest absolute Gasteiger partial charge is 0.463 e. The standard InChI is InChI=1S/C20H19FN4O2/c21-15-3-1-4-16(13-15)22-20(26)14-8-10-25(11-9-14)19-7-6-17(23-24-19)18-5-2-12-27-18/h1-7,12-14H,8-11H2,(H,22,26). The van der Waals surface area contributed by atoms with Gasteiger partial charge < -0.3 is 14.6 Å². The summed E-state index contributed by atoms with van der Waals surface area (Å²) in [5.74, 6) is 0.939. The van der Waals surface area contributed by atoms with Crippen LogP contribution in [0.15, 0.2) is 59.2 Å². The van der Waals surface area contributed by atoms with Crippen LogP contribution >= 0.6 is 0 Å². The molecule has 2 aromatic heterocycles. The number of rotatable bonds is 4. The molecule has 1 N–H and O–H groups in total. The van der Waals surface area contributed by atoms with Gasteiger partial charge in [0.15, 0.2) is 11.6 Å². The van der Waals surface area contributed by atoms with E-state index in [2.05, 4.69) is 20.4 Å². The van der Waals surface area contributed by atoms with Crippen molar-refractivity contribution in [3.63, 3.8) is 0 Å². The van der Waals surface area contributed by atoms with Crippen LogP contribution in [0.2, 0.25) is 0 Å². The summed E-state index contributed by atoms with van der Waals surface area (Å²) in [6.45, 7) is 1.44. The summed E-state index contributed by atoms with van der Waals surface area (Å²) in [7, 11) is 0. The Kier molecular flexibility index (Phi) is 4.82. The Balaban J connectivity index is 1.34. The number of amides is 1. The van der Waals surface area contributed by atoms with E-state index < -0.39 is 0 Å². The van der Waals surface area contributed by atoms with E-state index in [-0.39, 0.29) is 17.6 Å². The van der Waals surface area contributed by atoms with Crippen molar-refractivity contribution in [2.75, 3.05) is 23.3 Å². The van der Waals surface area contributed by atoms with Crippen molar-refractivity contribution < 1.29 is 13.6 Å². The van der Waals surface area contributed by atoms with Crippen molar-refractivity contribution in [1.82, 2.24) is 10.2 Å². The normalized spacial score (nSPS) is 14.9. The molecule has 0 saturated carbocycles. The zero-order valence-electron chi connectivity index (χ0n) is 14.6. The number of hydrogen-bond acceptors (Lipinski definition) is 5. The van der Waals surface area contributed by atoms with Gasteiger partial charge in [0.05, 0.1) is 6.26 Å². The minimum Gasteiger partial charge on any atom is -0.463 e. The van der Waals surface area contributed by atoms with Gasteiger partial charge in [0.1, 0.15) is 11.5 Å². The molecule has 3 heterocycles. The highest BCUT2D eigenvalue weighted by Gasteiger charge is 2.26. The second-order valence-electron chi connectivity index (χ2n) is 6.51. The molecule has 0 bridgehead atoms. The molecule has 0 atom stereocenters. The van der Waals surface area contributed by atoms with Gasteiger partial charge >= 0.3 is 0 Å². The molecule has 0 unspecified atom stereocenters. The Morgan fingerprint density at radius 2 is 1.96 bits per heavy atom. The third-order valence-corrected chi connectivity index (χ3v) is 4.71. The molecular formula is C20H19FN4O2. The van der Waals surface area contributed by atoms with Crippen molar-refractivity contribution in [2.24, 2.45) is 5.92 Å². The number of carbonyl (C=O) groups excluding carboxylic acids is 1. The average Bonchev–Trinajstić information content (AvgIpc) is 3.23. The lowest BCUT2D eigenvalue weighted by Gasteiger charge is -2.31. The molecule has 1 aliphatic heterocycles. The molecule has 138 valence electrons. The lowest BCUT2D eigenvalue weighted by atomic mass is 9.96. The Hall–Kier alpha value is -3.22. The van der Waals surface area contributed by atoms with Crippen LogP contribution in [0.25, 0.3) is 11.5 Å². The molecule has 0 aliphatic carbocycles. The second kappa shape index (κ2) is 7.57. The molecule has 1 aromatic carbocycles. The number of nitrogens with zero attached hydrogens (tertiary/aromatic N) is 3. The summed E-state index contributed by atoms with van der Waals surface area (Å²) in [5, 5.41) is 11.3. The molecule has 1 amide bonds. The molecule has 1 saturated heterocycles. The van der Waals surface area contributed by atoms with Gasteiger partial charge in [-0.25, -0.2) is 4.39 Å². The smallest absolute Gasteiger partial charge is 0.227 e. The van der Waals surface area contributed by atoms with Gasteiger partial charge in [0.25, 0.3) is 0 Å². The second-order valence-corrected chi connectivity index (χ2v) is 6.51. The van der Waals surface area contributed by atoms with Crippen molar-refractivity contribution in [3.05, 3.63) is 60.6 Å². The highest BCUT2D eigenvalue weighted by Crippen LogP contribution is 2.24. The van der Waals surface area contributed by atoms with Crippen molar-refractivity contribution in [1.29, 1.82) is 0 Å². The fourth-order valence-corrected chi connectivity index (χ4v) is 3.23. The third-order valence-electron chi connectivity index (χ3n) is 4.71. The molecule has 6 nitrogen and oxygen atoms in total. The third kappa shape index (κ3) is 3.97. The summed E-state index contributed by atoms with van der Waals surface area (Å²) >= 11 is 0. The SMILES string of the molecule is O=C(Nc1cccc(F)c1)C1CCN(c2ccc(-c3ccco3)nn2)CC1. The van der Waals surface area contributed by atoms with Gasteiger partial charge in [-0.15, -0.1) is 10.2 Å². The fourth-order valence-electron chi connectivity index (χ4n) is 3.23. The molecule has 1 fully saturated rings. The Bertz CT molecular complexity index is 904. The molecule has 0 spiro atoms. The molecule has 1 aliphatic rings. The molecule has 0 radical (unpaired) electrons. The number of furan rings is 1. The van der Waals surface area contributed by atoms with E-state index in [1.54, 1.807) is 18.4 Å². The Morgan fingerprint density at radius 1 is 1.11 bits per heavy atom. The summed E-state index contributed by atoms with van der Waals surface area (Å²) in [5.41, 5.74) is 1.18. The van der Waals surface area contributed by atoms with Crippen LogP contribution in [0.1, 0.15) is 12.8 Å². The van der Waals surface area contributed by atoms with Crippen molar-refractivity contribution in [2.45, 2.75) is 12.8 Å². The van der Waals surface area contributed by atoms with Gasteiger partial charge in [0.2, 0.25) is 5.91 Å². The van der Waals surface area contributed by atoms with E-state index in [9.17, 15) is 9.18 Å². The first kappa shape index (κ1) is 17.2. The number of halogens is 1. The molecule has 7 heteroatoms. The van der Waals surface area contributed by atoms with Gasteiger partial charge in [-0.05, 0) is 55.3 Å². The maximum absolute atomic E-state index is 13.2. The van der Waals surface area contributed by atoms with E-state index in [1.807, 2.05) is 24.3 Å². The van der Waals surface area contributed by atoms with Crippen molar-refractivity contribution in [3.8, 4) is 11.5 Å². The fraction of sp³-hybridized carbons (Fsp3) is 0.250. The summed E-state index contributed by atoms with van der Waals surface area (Å²) in [6.07, 6.45) is 3.02. The number of carbonyl (C=O) groups is 1. The number of aromatic nitrogens is 2. The maximum atomic E-state index is 13.2. The number of piperidine rings is 1. The highest BCUT2D eigenvalue weighted by molar-refractivity contribution is 5.92. The van der Waals surface area contributed by atoms with Crippen LogP contribution in [-0.2, 0) is 4.79 Å². The maximum Gasteiger partial charge on any atom is 0.227 e. The minimum absolute atomic E-state index is 0.0699.